The molecule has 2 amide bonds. The number of hydrogen-bond donors (Lipinski definition) is 2. The number of nitrogens with one attached hydrogen (secondary N) is 2. The molecule has 1 fully saturated rings. The average Bonchev–Trinajstić information content (AvgIpc) is 3.26. The Morgan fingerprint density at radius 2 is 1.84 bits per heavy atom. The van der Waals surface area contributed by atoms with Crippen molar-refractivity contribution in [1.82, 2.24) is 15.8 Å². The molecule has 0 saturated heterocycles. The van der Waals surface area contributed by atoms with Crippen LogP contribution < -0.4 is 10.9 Å². The van der Waals surface area contributed by atoms with Crippen LogP contribution in [-0.2, 0) is 9.53 Å². The number of aromatic nitrogens is 1. The van der Waals surface area contributed by atoms with Gasteiger partial charge in [-0.25, -0.2) is 9.78 Å². The predicted molar refractivity (Wildman–Crippen MR) is 91.5 cm³/mol. The number of ether oxygens (including phenoxy) is 1. The Kier molecular flexibility index (Phi) is 5.77. The first-order valence-corrected chi connectivity index (χ1v) is 8.43. The number of carbonyl (C=O) groups is 3. The lowest BCUT2D eigenvalue weighted by Gasteiger charge is -2.17. The first kappa shape index (κ1) is 18.9. The van der Waals surface area contributed by atoms with Crippen molar-refractivity contribution in [3.05, 3.63) is 29.6 Å². The number of esters is 1. The van der Waals surface area contributed by atoms with Crippen LogP contribution >= 0.6 is 0 Å². The van der Waals surface area contributed by atoms with Crippen LogP contribution in [0.3, 0.4) is 0 Å². The van der Waals surface area contributed by atoms with Crippen LogP contribution in [0.4, 0.5) is 0 Å². The predicted octanol–water partition coefficient (Wildman–Crippen LogP) is 2.09. The molecule has 2 atom stereocenters. The van der Waals surface area contributed by atoms with E-state index in [-0.39, 0.29) is 17.3 Å². The number of carbonyl (C=O) groups excluding carboxylic acids is 3. The summed E-state index contributed by atoms with van der Waals surface area (Å²) in [5, 5.41) is 0. The summed E-state index contributed by atoms with van der Waals surface area (Å²) in [6, 6.07) is 4.50. The fourth-order valence-electron chi connectivity index (χ4n) is 2.22. The van der Waals surface area contributed by atoms with E-state index in [2.05, 4.69) is 22.8 Å². The highest BCUT2D eigenvalue weighted by Gasteiger charge is 2.32. The van der Waals surface area contributed by atoms with Gasteiger partial charge in [-0.15, -0.1) is 0 Å². The largest absolute Gasteiger partial charge is 0.461 e. The van der Waals surface area contributed by atoms with Crippen molar-refractivity contribution in [2.75, 3.05) is 6.61 Å². The van der Waals surface area contributed by atoms with Gasteiger partial charge in [0.25, 0.3) is 5.91 Å². The van der Waals surface area contributed by atoms with E-state index in [1.807, 2.05) is 0 Å². The molecule has 2 N–H and O–H groups in total. The summed E-state index contributed by atoms with van der Waals surface area (Å²) in [6.45, 7) is 7.71. The van der Waals surface area contributed by atoms with Crippen molar-refractivity contribution in [3.63, 3.8) is 0 Å². The Balaban J connectivity index is 1.87. The molecule has 1 aliphatic carbocycles. The van der Waals surface area contributed by atoms with Gasteiger partial charge in [-0.2, -0.15) is 0 Å². The lowest BCUT2D eigenvalue weighted by atomic mass is 9.96. The molecule has 0 bridgehead atoms. The summed E-state index contributed by atoms with van der Waals surface area (Å²) in [5.74, 6) is -0.122. The Morgan fingerprint density at radius 1 is 1.20 bits per heavy atom. The van der Waals surface area contributed by atoms with Crippen LogP contribution in [0.25, 0.3) is 0 Å². The van der Waals surface area contributed by atoms with Gasteiger partial charge >= 0.3 is 5.97 Å². The highest BCUT2D eigenvalue weighted by atomic mass is 16.5. The average molecular weight is 347 g/mol. The molecule has 1 saturated carbocycles. The normalized spacial score (nSPS) is 19.0. The van der Waals surface area contributed by atoms with Crippen LogP contribution in [0.2, 0.25) is 0 Å². The molecule has 136 valence electrons. The van der Waals surface area contributed by atoms with E-state index in [0.29, 0.717) is 18.4 Å². The van der Waals surface area contributed by atoms with Crippen molar-refractivity contribution in [3.8, 4) is 0 Å². The van der Waals surface area contributed by atoms with E-state index in [1.54, 1.807) is 26.8 Å². The second kappa shape index (κ2) is 7.63. The van der Waals surface area contributed by atoms with Crippen molar-refractivity contribution in [2.24, 2.45) is 17.3 Å². The van der Waals surface area contributed by atoms with Gasteiger partial charge in [0.15, 0.2) is 0 Å². The number of hydrogen-bond acceptors (Lipinski definition) is 5. The number of pyridine rings is 1. The maximum absolute atomic E-state index is 12.1. The molecule has 1 heterocycles. The molecule has 0 spiro atoms. The minimum Gasteiger partial charge on any atom is -0.461 e. The second-order valence-corrected chi connectivity index (χ2v) is 7.46. The Morgan fingerprint density at radius 3 is 2.44 bits per heavy atom. The van der Waals surface area contributed by atoms with Gasteiger partial charge in [-0.1, -0.05) is 33.8 Å². The first-order chi connectivity index (χ1) is 11.7. The molecule has 7 nitrogen and oxygen atoms in total. The van der Waals surface area contributed by atoms with Crippen molar-refractivity contribution >= 4 is 17.8 Å². The standard InChI is InChI=1S/C18H25N3O4/c1-11-10-12(11)8-9-25-16(23)14-7-5-6-13(19-14)15(22)20-21-17(24)18(2,3)4/h5-7,11-12H,8-10H2,1-4H3,(H,20,22)(H,21,24)/t11?,12-/m0/s1. The maximum Gasteiger partial charge on any atom is 0.356 e. The van der Waals surface area contributed by atoms with Crippen LogP contribution in [-0.4, -0.2) is 29.4 Å². The molecule has 0 radical (unpaired) electrons. The van der Waals surface area contributed by atoms with Gasteiger partial charge in [0.1, 0.15) is 11.4 Å². The number of amides is 2. The van der Waals surface area contributed by atoms with Crippen LogP contribution in [0, 0.1) is 17.3 Å². The third-order valence-corrected chi connectivity index (χ3v) is 4.16. The quantitative estimate of drug-likeness (QED) is 0.628. The zero-order valence-corrected chi connectivity index (χ0v) is 15.1. The van der Waals surface area contributed by atoms with E-state index in [1.165, 1.54) is 18.6 Å². The lowest BCUT2D eigenvalue weighted by molar-refractivity contribution is -0.129. The monoisotopic (exact) mass is 347 g/mol. The molecule has 1 unspecified atom stereocenters. The zero-order valence-electron chi connectivity index (χ0n) is 15.1. The summed E-state index contributed by atoms with van der Waals surface area (Å²) in [7, 11) is 0. The van der Waals surface area contributed by atoms with E-state index >= 15 is 0 Å². The smallest absolute Gasteiger partial charge is 0.356 e. The Bertz CT molecular complexity index is 667. The van der Waals surface area contributed by atoms with Gasteiger partial charge in [0, 0.05) is 5.41 Å². The topological polar surface area (TPSA) is 97.4 Å². The third kappa shape index (κ3) is 5.55. The first-order valence-electron chi connectivity index (χ1n) is 8.43. The van der Waals surface area contributed by atoms with Gasteiger partial charge in [-0.3, -0.25) is 20.4 Å². The molecule has 1 aromatic rings. The maximum atomic E-state index is 12.1. The van der Waals surface area contributed by atoms with Crippen molar-refractivity contribution in [1.29, 1.82) is 0 Å². The fraction of sp³-hybridized carbons (Fsp3) is 0.556. The molecule has 1 aromatic heterocycles. The minimum atomic E-state index is -0.634. The van der Waals surface area contributed by atoms with E-state index in [9.17, 15) is 14.4 Å². The van der Waals surface area contributed by atoms with Gasteiger partial charge in [0.05, 0.1) is 6.61 Å². The highest BCUT2D eigenvalue weighted by molar-refractivity contribution is 5.95. The summed E-state index contributed by atoms with van der Waals surface area (Å²) in [4.78, 5) is 39.8. The third-order valence-electron chi connectivity index (χ3n) is 4.16. The summed E-state index contributed by atoms with van der Waals surface area (Å²) < 4.78 is 5.20. The second-order valence-electron chi connectivity index (χ2n) is 7.46. The van der Waals surface area contributed by atoms with E-state index in [4.69, 9.17) is 4.74 Å². The zero-order chi connectivity index (χ0) is 18.6. The summed E-state index contributed by atoms with van der Waals surface area (Å²) in [6.07, 6.45) is 2.04. The molecule has 0 aromatic carbocycles. The summed E-state index contributed by atoms with van der Waals surface area (Å²) in [5.41, 5.74) is 4.08. The lowest BCUT2D eigenvalue weighted by Crippen LogP contribution is -2.46. The van der Waals surface area contributed by atoms with Crippen molar-refractivity contribution < 1.29 is 19.1 Å². The van der Waals surface area contributed by atoms with Crippen LogP contribution in [0.1, 0.15) is 61.5 Å². The van der Waals surface area contributed by atoms with E-state index < -0.39 is 17.3 Å². The van der Waals surface area contributed by atoms with Crippen LogP contribution in [0.5, 0.6) is 0 Å². The molecule has 7 heteroatoms. The molecule has 1 aliphatic rings. The fourth-order valence-corrected chi connectivity index (χ4v) is 2.22. The molecular weight excluding hydrogens is 322 g/mol. The molecule has 25 heavy (non-hydrogen) atoms. The van der Waals surface area contributed by atoms with Gasteiger partial charge in [-0.05, 0) is 36.8 Å². The SMILES string of the molecule is CC1C[C@@H]1CCOC(=O)c1cccc(C(=O)NNC(=O)C(C)(C)C)n1. The van der Waals surface area contributed by atoms with Crippen LogP contribution in [0.15, 0.2) is 18.2 Å². The van der Waals surface area contributed by atoms with Gasteiger partial charge < -0.3 is 4.74 Å². The van der Waals surface area contributed by atoms with Crippen molar-refractivity contribution in [2.45, 2.75) is 40.5 Å². The Hall–Kier alpha value is -2.44. The minimum absolute atomic E-state index is 0.0273. The highest BCUT2D eigenvalue weighted by Crippen LogP contribution is 2.40. The molecular formula is C18H25N3O4. The van der Waals surface area contributed by atoms with E-state index in [0.717, 1.165) is 6.42 Å². The summed E-state index contributed by atoms with van der Waals surface area (Å²) >= 11 is 0. The molecule has 0 aliphatic heterocycles. The number of hydrazine groups is 1. The number of nitrogens with zero attached hydrogens (tertiary/aromatic N) is 1. The Labute approximate surface area is 147 Å². The number of rotatable bonds is 5. The molecule has 2 rings (SSSR count). The van der Waals surface area contributed by atoms with Gasteiger partial charge in [0.2, 0.25) is 5.91 Å².